The first-order chi connectivity index (χ1) is 10.1. The maximum Gasteiger partial charge on any atom is 0.278 e. The highest BCUT2D eigenvalue weighted by Gasteiger charge is 2.29. The Hall–Kier alpha value is -0.950. The van der Waals surface area contributed by atoms with Gasteiger partial charge in [-0.15, -0.1) is 0 Å². The summed E-state index contributed by atoms with van der Waals surface area (Å²) in [5.74, 6) is 0.429. The van der Waals surface area contributed by atoms with E-state index in [-0.39, 0.29) is 0 Å². The van der Waals surface area contributed by atoms with Crippen LogP contribution in [0.1, 0.15) is 19.8 Å². The van der Waals surface area contributed by atoms with Gasteiger partial charge in [-0.05, 0) is 30.7 Å². The van der Waals surface area contributed by atoms with E-state index in [1.165, 1.54) is 0 Å². The van der Waals surface area contributed by atoms with Crippen LogP contribution in [-0.4, -0.2) is 6.16 Å². The summed E-state index contributed by atoms with van der Waals surface area (Å²) in [5.41, 5.74) is 0. The number of benzene rings is 2. The van der Waals surface area contributed by atoms with Crippen molar-refractivity contribution in [1.29, 1.82) is 0 Å². The van der Waals surface area contributed by atoms with Crippen LogP contribution in [0.3, 0.4) is 0 Å². The quantitative estimate of drug-likeness (QED) is 0.622. The Bertz CT molecular complexity index is 658. The highest BCUT2D eigenvalue weighted by atomic mass is 35.5. The summed E-state index contributed by atoms with van der Waals surface area (Å²) in [6.45, 7) is 2.05. The van der Waals surface area contributed by atoms with E-state index in [4.69, 9.17) is 27.7 Å². The minimum Gasteiger partial charge on any atom is -0.438 e. The summed E-state index contributed by atoms with van der Waals surface area (Å²) in [5, 5.41) is 1.46. The van der Waals surface area contributed by atoms with Gasteiger partial charge in [-0.25, -0.2) is 0 Å². The molecule has 0 radical (unpaired) electrons. The second-order valence-electron chi connectivity index (χ2n) is 4.72. The predicted octanol–water partition coefficient (Wildman–Crippen LogP) is 5.78. The Morgan fingerprint density at radius 3 is 2.24 bits per heavy atom. The van der Waals surface area contributed by atoms with Gasteiger partial charge in [0.1, 0.15) is 5.75 Å². The molecule has 0 aromatic heterocycles. The molecule has 0 amide bonds. The average Bonchev–Trinajstić information content (AvgIpc) is 2.48. The molecule has 0 aliphatic carbocycles. The Labute approximate surface area is 135 Å². The zero-order valence-corrected chi connectivity index (χ0v) is 14.2. The number of rotatable bonds is 6. The Balaban J connectivity index is 2.41. The molecule has 0 aliphatic heterocycles. The molecule has 0 saturated carbocycles. The third kappa shape index (κ3) is 4.03. The van der Waals surface area contributed by atoms with Crippen LogP contribution in [0.5, 0.6) is 5.75 Å². The van der Waals surface area contributed by atoms with Crippen molar-refractivity contribution in [2.24, 2.45) is 0 Å². The molecule has 0 heterocycles. The van der Waals surface area contributed by atoms with Gasteiger partial charge in [0.2, 0.25) is 0 Å². The van der Waals surface area contributed by atoms with E-state index in [0.29, 0.717) is 27.3 Å². The molecule has 0 N–H and O–H groups in total. The molecule has 0 saturated heterocycles. The number of halogens is 2. The maximum absolute atomic E-state index is 13.4. The van der Waals surface area contributed by atoms with Crippen LogP contribution in [0.25, 0.3) is 0 Å². The first-order valence-electron chi connectivity index (χ1n) is 6.85. The molecule has 0 bridgehead atoms. The normalized spacial score (nSPS) is 13.7. The topological polar surface area (TPSA) is 26.3 Å². The summed E-state index contributed by atoms with van der Waals surface area (Å²) in [4.78, 5) is 0. The maximum atomic E-state index is 13.4. The zero-order chi connectivity index (χ0) is 15.3. The molecule has 2 aromatic carbocycles. The van der Waals surface area contributed by atoms with Crippen LogP contribution in [-0.2, 0) is 4.57 Å². The summed E-state index contributed by atoms with van der Waals surface area (Å²) < 4.78 is 19.2. The first kappa shape index (κ1) is 16.4. The van der Waals surface area contributed by atoms with E-state index in [1.807, 2.05) is 25.1 Å². The van der Waals surface area contributed by atoms with Gasteiger partial charge in [0, 0.05) is 6.16 Å². The van der Waals surface area contributed by atoms with Crippen LogP contribution in [0.4, 0.5) is 0 Å². The van der Waals surface area contributed by atoms with E-state index in [9.17, 15) is 4.57 Å². The molecule has 2 aromatic rings. The summed E-state index contributed by atoms with van der Waals surface area (Å²) in [6.07, 6.45) is 2.17. The van der Waals surface area contributed by atoms with Gasteiger partial charge in [-0.2, -0.15) is 0 Å². The van der Waals surface area contributed by atoms with Gasteiger partial charge in [0.25, 0.3) is 7.37 Å². The average molecular weight is 343 g/mol. The van der Waals surface area contributed by atoms with Crippen LogP contribution in [0, 0.1) is 0 Å². The lowest BCUT2D eigenvalue weighted by Gasteiger charge is -2.21. The summed E-state index contributed by atoms with van der Waals surface area (Å²) in [7, 11) is -3.09. The van der Waals surface area contributed by atoms with E-state index in [0.717, 1.165) is 12.8 Å². The second-order valence-corrected chi connectivity index (χ2v) is 8.00. The molecular weight excluding hydrogens is 326 g/mol. The highest BCUT2D eigenvalue weighted by molar-refractivity contribution is 7.67. The molecule has 1 atom stereocenters. The molecular formula is C16H17Cl2O2P. The third-order valence-corrected chi connectivity index (χ3v) is 6.40. The van der Waals surface area contributed by atoms with Crippen LogP contribution in [0.2, 0.25) is 10.0 Å². The molecule has 0 aliphatic rings. The number of para-hydroxylation sites is 1. The van der Waals surface area contributed by atoms with Crippen molar-refractivity contribution >= 4 is 35.9 Å². The van der Waals surface area contributed by atoms with Crippen molar-refractivity contribution in [1.82, 2.24) is 0 Å². The minimum absolute atomic E-state index is 0.429. The summed E-state index contributed by atoms with van der Waals surface area (Å²) in [6, 6.07) is 14.2. The fourth-order valence-electron chi connectivity index (χ4n) is 1.99. The van der Waals surface area contributed by atoms with E-state index < -0.39 is 7.37 Å². The molecule has 0 fully saturated rings. The van der Waals surface area contributed by atoms with Gasteiger partial charge in [0.05, 0.1) is 15.3 Å². The van der Waals surface area contributed by atoms with E-state index >= 15 is 0 Å². The minimum atomic E-state index is -3.09. The van der Waals surface area contributed by atoms with Crippen molar-refractivity contribution in [3.8, 4) is 5.75 Å². The predicted molar refractivity (Wildman–Crippen MR) is 90.5 cm³/mol. The lowest BCUT2D eigenvalue weighted by Crippen LogP contribution is -2.14. The lowest BCUT2D eigenvalue weighted by atomic mass is 10.3. The smallest absolute Gasteiger partial charge is 0.278 e. The monoisotopic (exact) mass is 342 g/mol. The van der Waals surface area contributed by atoms with Gasteiger partial charge < -0.3 is 4.52 Å². The highest BCUT2D eigenvalue weighted by Crippen LogP contribution is 2.49. The molecule has 112 valence electrons. The van der Waals surface area contributed by atoms with Gasteiger partial charge in [-0.3, -0.25) is 4.57 Å². The Kier molecular flexibility index (Phi) is 5.75. The second kappa shape index (κ2) is 7.35. The van der Waals surface area contributed by atoms with Crippen molar-refractivity contribution < 1.29 is 9.09 Å². The van der Waals surface area contributed by atoms with Crippen molar-refractivity contribution in [3.63, 3.8) is 0 Å². The third-order valence-electron chi connectivity index (χ3n) is 3.11. The van der Waals surface area contributed by atoms with Crippen LogP contribution < -0.4 is 9.83 Å². The number of hydrogen-bond donors (Lipinski definition) is 0. The van der Waals surface area contributed by atoms with Gasteiger partial charge in [-0.1, -0.05) is 60.8 Å². The van der Waals surface area contributed by atoms with Crippen molar-refractivity contribution in [2.45, 2.75) is 19.8 Å². The number of unbranched alkanes of at least 4 members (excludes halogenated alkanes) is 1. The van der Waals surface area contributed by atoms with Gasteiger partial charge >= 0.3 is 0 Å². The molecule has 1 unspecified atom stereocenters. The largest absolute Gasteiger partial charge is 0.438 e. The van der Waals surface area contributed by atoms with E-state index in [2.05, 4.69) is 0 Å². The summed E-state index contributed by atoms with van der Waals surface area (Å²) >= 11 is 12.3. The number of hydrogen-bond acceptors (Lipinski definition) is 2. The van der Waals surface area contributed by atoms with Crippen LogP contribution in [0.15, 0.2) is 48.5 Å². The van der Waals surface area contributed by atoms with Crippen molar-refractivity contribution in [3.05, 3.63) is 58.6 Å². The van der Waals surface area contributed by atoms with Crippen LogP contribution >= 0.6 is 30.6 Å². The molecule has 5 heteroatoms. The lowest BCUT2D eigenvalue weighted by molar-refractivity contribution is 0.490. The fraction of sp³-hybridized carbons (Fsp3) is 0.250. The van der Waals surface area contributed by atoms with Crippen molar-refractivity contribution in [2.75, 3.05) is 6.16 Å². The first-order valence-corrected chi connectivity index (χ1v) is 9.41. The van der Waals surface area contributed by atoms with Gasteiger partial charge in [0.15, 0.2) is 0 Å². The SMILES string of the molecule is CCCCP(=O)(Oc1ccccc1Cl)c1ccccc1Cl. The molecule has 2 nitrogen and oxygen atoms in total. The Morgan fingerprint density at radius 1 is 1.00 bits per heavy atom. The molecule has 2 rings (SSSR count). The fourth-order valence-corrected chi connectivity index (χ4v) is 5.09. The molecule has 0 spiro atoms. The Morgan fingerprint density at radius 2 is 1.62 bits per heavy atom. The standard InChI is InChI=1S/C16H17Cl2O2P/c1-2-3-12-21(19,16-11-7-5-9-14(16)18)20-15-10-6-4-8-13(15)17/h4-11H,2-3,12H2,1H3. The zero-order valence-electron chi connectivity index (χ0n) is 11.8. The molecule has 21 heavy (non-hydrogen) atoms. The van der Waals surface area contributed by atoms with E-state index in [1.54, 1.807) is 30.3 Å².